The Kier molecular flexibility index (Phi) is 2.98. The number of ether oxygens (including phenoxy) is 1. The van der Waals surface area contributed by atoms with Crippen LogP contribution in [0.4, 0.5) is 0 Å². The normalized spacial score (nSPS) is 21.1. The lowest BCUT2D eigenvalue weighted by molar-refractivity contribution is -0.116. The minimum Gasteiger partial charge on any atom is -0.369 e. The van der Waals surface area contributed by atoms with Crippen LogP contribution in [0.1, 0.15) is 20.3 Å². The van der Waals surface area contributed by atoms with Crippen molar-refractivity contribution in [3.8, 4) is 0 Å². The molecule has 0 unspecified atom stereocenters. The second-order valence-electron chi connectivity index (χ2n) is 3.96. The molecule has 1 aliphatic heterocycles. The molecule has 0 radical (unpaired) electrons. The maximum atomic E-state index is 11.1. The summed E-state index contributed by atoms with van der Waals surface area (Å²) in [6.07, 6.45) is 3.31. The molecule has 0 aromatic heterocycles. The fourth-order valence-corrected chi connectivity index (χ4v) is 1.03. The van der Waals surface area contributed by atoms with E-state index in [2.05, 4.69) is 0 Å². The van der Waals surface area contributed by atoms with Crippen molar-refractivity contribution in [3.05, 3.63) is 11.6 Å². The maximum absolute atomic E-state index is 11.1. The van der Waals surface area contributed by atoms with Crippen LogP contribution in [0.15, 0.2) is 11.6 Å². The third kappa shape index (κ3) is 2.77. The number of Topliss-reactive ketones (excluding diaryl/α,β-unsaturated/α-hetero) is 1. The van der Waals surface area contributed by atoms with E-state index >= 15 is 0 Å². The van der Waals surface area contributed by atoms with Crippen molar-refractivity contribution in [2.75, 3.05) is 13.2 Å². The number of allylic oxidation sites excluding steroid dienone is 1. The largest absolute Gasteiger partial charge is 0.369 e. The van der Waals surface area contributed by atoms with Gasteiger partial charge in [-0.05, 0) is 6.42 Å². The number of aldehydes is 1. The summed E-state index contributed by atoms with van der Waals surface area (Å²) in [4.78, 5) is 21.7. The van der Waals surface area contributed by atoms with E-state index < -0.39 is 0 Å². The number of rotatable bonds is 3. The predicted molar refractivity (Wildman–Crippen MR) is 48.4 cm³/mol. The van der Waals surface area contributed by atoms with E-state index in [0.717, 1.165) is 6.29 Å². The first kappa shape index (κ1) is 10.1. The number of ketones is 1. The molecule has 0 aromatic carbocycles. The van der Waals surface area contributed by atoms with E-state index in [9.17, 15) is 9.59 Å². The molecule has 3 heteroatoms. The van der Waals surface area contributed by atoms with Crippen LogP contribution in [0.25, 0.3) is 0 Å². The van der Waals surface area contributed by atoms with Gasteiger partial charge in [-0.25, -0.2) is 0 Å². The molecule has 0 saturated carbocycles. The van der Waals surface area contributed by atoms with Crippen molar-refractivity contribution >= 4 is 12.1 Å². The van der Waals surface area contributed by atoms with Crippen LogP contribution < -0.4 is 0 Å². The predicted octanol–water partition coefficient (Wildman–Crippen LogP) is 1.13. The highest BCUT2D eigenvalue weighted by molar-refractivity contribution is 5.98. The standard InChI is InChI=1S/C10H14O3/c1-10(2,7-11)4-3-8-5-13-6-9(8)12/h3,7H,4-6H2,1-2H3/b8-3+. The van der Waals surface area contributed by atoms with E-state index in [4.69, 9.17) is 4.74 Å². The molecule has 1 rings (SSSR count). The fourth-order valence-electron chi connectivity index (χ4n) is 1.03. The first-order valence-corrected chi connectivity index (χ1v) is 4.31. The third-order valence-electron chi connectivity index (χ3n) is 2.04. The van der Waals surface area contributed by atoms with E-state index in [0.29, 0.717) is 18.6 Å². The molecule has 1 heterocycles. The molecule has 0 atom stereocenters. The highest BCUT2D eigenvalue weighted by Gasteiger charge is 2.20. The summed E-state index contributed by atoms with van der Waals surface area (Å²) in [5, 5.41) is 0. The summed E-state index contributed by atoms with van der Waals surface area (Å²) in [6.45, 7) is 4.27. The Hall–Kier alpha value is -0.960. The Morgan fingerprint density at radius 1 is 1.46 bits per heavy atom. The molecule has 0 spiro atoms. The summed E-state index contributed by atoms with van der Waals surface area (Å²) < 4.78 is 4.96. The van der Waals surface area contributed by atoms with Gasteiger partial charge in [-0.15, -0.1) is 0 Å². The van der Waals surface area contributed by atoms with Crippen molar-refractivity contribution in [1.29, 1.82) is 0 Å². The molecule has 72 valence electrons. The average molecular weight is 182 g/mol. The molecule has 0 amide bonds. The first-order valence-electron chi connectivity index (χ1n) is 4.31. The van der Waals surface area contributed by atoms with Crippen molar-refractivity contribution in [2.45, 2.75) is 20.3 Å². The van der Waals surface area contributed by atoms with Gasteiger partial charge in [0.05, 0.1) is 6.61 Å². The minimum atomic E-state index is -0.379. The first-order chi connectivity index (χ1) is 6.05. The zero-order valence-electron chi connectivity index (χ0n) is 8.00. The molecule has 1 fully saturated rings. The van der Waals surface area contributed by atoms with Crippen LogP contribution in [-0.4, -0.2) is 25.3 Å². The van der Waals surface area contributed by atoms with Gasteiger partial charge in [0.2, 0.25) is 0 Å². The monoisotopic (exact) mass is 182 g/mol. The molecule has 1 saturated heterocycles. The smallest absolute Gasteiger partial charge is 0.186 e. The summed E-state index contributed by atoms with van der Waals surface area (Å²) in [5.74, 6) is 0.0432. The Balaban J connectivity index is 2.57. The Bertz CT molecular complexity index is 251. The third-order valence-corrected chi connectivity index (χ3v) is 2.04. The Labute approximate surface area is 77.8 Å². The summed E-state index contributed by atoms with van der Waals surface area (Å²) >= 11 is 0. The van der Waals surface area contributed by atoms with Gasteiger partial charge in [0.1, 0.15) is 12.9 Å². The lowest BCUT2D eigenvalue weighted by Gasteiger charge is -2.13. The number of hydrogen-bond acceptors (Lipinski definition) is 3. The number of hydrogen-bond donors (Lipinski definition) is 0. The zero-order chi connectivity index (χ0) is 9.90. The molecule has 0 N–H and O–H groups in total. The van der Waals surface area contributed by atoms with Crippen LogP contribution in [-0.2, 0) is 14.3 Å². The summed E-state index contributed by atoms with van der Waals surface area (Å²) in [5.41, 5.74) is 0.325. The van der Waals surface area contributed by atoms with Gasteiger partial charge in [0.15, 0.2) is 5.78 Å². The molecule has 0 aromatic rings. The van der Waals surface area contributed by atoms with Gasteiger partial charge in [-0.3, -0.25) is 4.79 Å². The number of carbonyl (C=O) groups excluding carboxylic acids is 2. The maximum Gasteiger partial charge on any atom is 0.186 e. The molecular formula is C10H14O3. The van der Waals surface area contributed by atoms with Crippen LogP contribution in [0.3, 0.4) is 0 Å². The quantitative estimate of drug-likeness (QED) is 0.485. The molecular weight excluding hydrogens is 168 g/mol. The summed E-state index contributed by atoms with van der Waals surface area (Å²) in [6, 6.07) is 0. The van der Waals surface area contributed by atoms with Gasteiger partial charge in [-0.1, -0.05) is 19.9 Å². The Morgan fingerprint density at radius 2 is 2.15 bits per heavy atom. The van der Waals surface area contributed by atoms with Crippen LogP contribution in [0.5, 0.6) is 0 Å². The lowest BCUT2D eigenvalue weighted by atomic mass is 9.90. The van der Waals surface area contributed by atoms with Crippen molar-refractivity contribution in [2.24, 2.45) is 5.41 Å². The van der Waals surface area contributed by atoms with E-state index in [-0.39, 0.29) is 17.8 Å². The van der Waals surface area contributed by atoms with Crippen LogP contribution in [0, 0.1) is 5.41 Å². The van der Waals surface area contributed by atoms with Crippen molar-refractivity contribution in [1.82, 2.24) is 0 Å². The van der Waals surface area contributed by atoms with Gasteiger partial charge in [0, 0.05) is 11.0 Å². The highest BCUT2D eigenvalue weighted by atomic mass is 16.5. The lowest BCUT2D eigenvalue weighted by Crippen LogP contribution is -2.12. The van der Waals surface area contributed by atoms with E-state index in [1.54, 1.807) is 0 Å². The fraction of sp³-hybridized carbons (Fsp3) is 0.600. The molecule has 3 nitrogen and oxygen atoms in total. The zero-order valence-corrected chi connectivity index (χ0v) is 8.00. The SMILES string of the molecule is CC(C)(C=O)C/C=C1\COCC1=O. The molecule has 1 aliphatic rings. The molecule has 0 bridgehead atoms. The second kappa shape index (κ2) is 3.83. The van der Waals surface area contributed by atoms with Crippen LogP contribution >= 0.6 is 0 Å². The topological polar surface area (TPSA) is 43.4 Å². The van der Waals surface area contributed by atoms with Crippen LogP contribution in [0.2, 0.25) is 0 Å². The van der Waals surface area contributed by atoms with Gasteiger partial charge in [-0.2, -0.15) is 0 Å². The van der Waals surface area contributed by atoms with E-state index in [1.807, 2.05) is 19.9 Å². The minimum absolute atomic E-state index is 0.0432. The highest BCUT2D eigenvalue weighted by Crippen LogP contribution is 2.19. The second-order valence-corrected chi connectivity index (χ2v) is 3.96. The van der Waals surface area contributed by atoms with E-state index in [1.165, 1.54) is 0 Å². The van der Waals surface area contributed by atoms with Gasteiger partial charge < -0.3 is 9.53 Å². The summed E-state index contributed by atoms with van der Waals surface area (Å²) in [7, 11) is 0. The van der Waals surface area contributed by atoms with Crippen molar-refractivity contribution < 1.29 is 14.3 Å². The van der Waals surface area contributed by atoms with Crippen molar-refractivity contribution in [3.63, 3.8) is 0 Å². The number of carbonyl (C=O) groups is 2. The molecule has 0 aliphatic carbocycles. The average Bonchev–Trinajstić information content (AvgIpc) is 2.48. The Morgan fingerprint density at radius 3 is 2.62 bits per heavy atom. The molecule has 13 heavy (non-hydrogen) atoms. The van der Waals surface area contributed by atoms with Gasteiger partial charge >= 0.3 is 0 Å². The van der Waals surface area contributed by atoms with Gasteiger partial charge in [0.25, 0.3) is 0 Å².